The summed E-state index contributed by atoms with van der Waals surface area (Å²) >= 11 is 3.34. The van der Waals surface area contributed by atoms with Gasteiger partial charge in [-0.1, -0.05) is 22.0 Å². The van der Waals surface area contributed by atoms with Crippen LogP contribution in [0.5, 0.6) is 0 Å². The van der Waals surface area contributed by atoms with Crippen molar-refractivity contribution in [2.24, 2.45) is 0 Å². The highest BCUT2D eigenvalue weighted by atomic mass is 79.9. The maximum atomic E-state index is 12.6. The molecule has 0 aliphatic carbocycles. The second-order valence-corrected chi connectivity index (χ2v) is 10.6. The summed E-state index contributed by atoms with van der Waals surface area (Å²) in [5.41, 5.74) is 1.00. The van der Waals surface area contributed by atoms with Gasteiger partial charge in [-0.3, -0.25) is 4.72 Å². The van der Waals surface area contributed by atoms with Crippen LogP contribution in [0.15, 0.2) is 56.7 Å². The first-order chi connectivity index (χ1) is 12.2. The standard InChI is InChI=1S/C17H19BrN2O4S2/c1-13-11-15(7-8-17(13)18)25(21,22)19-14-5-4-6-16(12-14)26(23,24)20-9-2-3-10-20/h4-8,11-12,19H,2-3,9-10H2,1H3. The average molecular weight is 459 g/mol. The maximum Gasteiger partial charge on any atom is 0.261 e. The van der Waals surface area contributed by atoms with E-state index >= 15 is 0 Å². The molecular formula is C17H19BrN2O4S2. The number of halogens is 1. The SMILES string of the molecule is Cc1cc(S(=O)(=O)Nc2cccc(S(=O)(=O)N3CCCC3)c2)ccc1Br. The second-order valence-electron chi connectivity index (χ2n) is 6.16. The molecule has 26 heavy (non-hydrogen) atoms. The molecule has 0 bridgehead atoms. The summed E-state index contributed by atoms with van der Waals surface area (Å²) in [6.07, 6.45) is 1.68. The number of nitrogens with one attached hydrogen (secondary N) is 1. The largest absolute Gasteiger partial charge is 0.280 e. The number of sulfonamides is 2. The van der Waals surface area contributed by atoms with Crippen molar-refractivity contribution < 1.29 is 16.8 Å². The number of nitrogens with zero attached hydrogens (tertiary/aromatic N) is 1. The van der Waals surface area contributed by atoms with Crippen LogP contribution >= 0.6 is 15.9 Å². The Morgan fingerprint density at radius 3 is 2.31 bits per heavy atom. The highest BCUT2D eigenvalue weighted by Crippen LogP contribution is 2.25. The zero-order chi connectivity index (χ0) is 18.9. The van der Waals surface area contributed by atoms with Crippen molar-refractivity contribution in [2.45, 2.75) is 29.6 Å². The first-order valence-corrected chi connectivity index (χ1v) is 11.8. The molecule has 0 radical (unpaired) electrons. The van der Waals surface area contributed by atoms with Gasteiger partial charge in [0.05, 0.1) is 15.5 Å². The van der Waals surface area contributed by atoms with E-state index in [-0.39, 0.29) is 15.5 Å². The Bertz CT molecular complexity index is 1030. The summed E-state index contributed by atoms with van der Waals surface area (Å²) in [7, 11) is -7.41. The molecule has 0 saturated carbocycles. The summed E-state index contributed by atoms with van der Waals surface area (Å²) in [4.78, 5) is 0.206. The van der Waals surface area contributed by atoms with Crippen molar-refractivity contribution in [1.82, 2.24) is 4.31 Å². The van der Waals surface area contributed by atoms with E-state index in [1.165, 1.54) is 34.6 Å². The lowest BCUT2D eigenvalue weighted by Crippen LogP contribution is -2.27. The van der Waals surface area contributed by atoms with Crippen LogP contribution in [-0.4, -0.2) is 34.2 Å². The molecule has 1 saturated heterocycles. The highest BCUT2D eigenvalue weighted by Gasteiger charge is 2.27. The lowest BCUT2D eigenvalue weighted by molar-refractivity contribution is 0.477. The zero-order valence-electron chi connectivity index (χ0n) is 14.1. The monoisotopic (exact) mass is 458 g/mol. The van der Waals surface area contributed by atoms with Gasteiger partial charge in [0, 0.05) is 17.6 Å². The van der Waals surface area contributed by atoms with Gasteiger partial charge in [0.15, 0.2) is 0 Å². The number of benzene rings is 2. The van der Waals surface area contributed by atoms with Crippen LogP contribution < -0.4 is 4.72 Å². The lowest BCUT2D eigenvalue weighted by Gasteiger charge is -2.16. The first kappa shape index (κ1) is 19.3. The van der Waals surface area contributed by atoms with Crippen molar-refractivity contribution >= 4 is 41.7 Å². The summed E-state index contributed by atoms with van der Waals surface area (Å²) in [6.45, 7) is 2.79. The van der Waals surface area contributed by atoms with Gasteiger partial charge in [-0.05, 0) is 61.7 Å². The van der Waals surface area contributed by atoms with E-state index in [1.54, 1.807) is 19.1 Å². The van der Waals surface area contributed by atoms with Gasteiger partial charge in [-0.2, -0.15) is 4.31 Å². The van der Waals surface area contributed by atoms with Crippen molar-refractivity contribution in [3.05, 3.63) is 52.5 Å². The number of hydrogen-bond donors (Lipinski definition) is 1. The van der Waals surface area contributed by atoms with E-state index in [4.69, 9.17) is 0 Å². The van der Waals surface area contributed by atoms with Crippen molar-refractivity contribution in [3.63, 3.8) is 0 Å². The second kappa shape index (κ2) is 7.30. The number of aryl methyl sites for hydroxylation is 1. The Morgan fingerprint density at radius 2 is 1.65 bits per heavy atom. The van der Waals surface area contributed by atoms with Crippen LogP contribution in [0.25, 0.3) is 0 Å². The number of hydrogen-bond acceptors (Lipinski definition) is 4. The molecule has 0 aromatic heterocycles. The molecule has 0 amide bonds. The Labute approximate surface area is 162 Å². The fraction of sp³-hybridized carbons (Fsp3) is 0.294. The van der Waals surface area contributed by atoms with E-state index in [9.17, 15) is 16.8 Å². The fourth-order valence-electron chi connectivity index (χ4n) is 2.80. The molecule has 2 aromatic rings. The van der Waals surface area contributed by atoms with Crippen LogP contribution in [0.2, 0.25) is 0 Å². The van der Waals surface area contributed by atoms with Crippen molar-refractivity contribution in [1.29, 1.82) is 0 Å². The summed E-state index contributed by atoms with van der Waals surface area (Å²) in [6, 6.07) is 10.6. The molecule has 1 fully saturated rings. The minimum absolute atomic E-state index is 0.0894. The Hall–Kier alpha value is -1.42. The van der Waals surface area contributed by atoms with E-state index in [0.29, 0.717) is 13.1 Å². The minimum atomic E-state index is -3.81. The molecule has 2 aromatic carbocycles. The molecule has 1 aliphatic heterocycles. The van der Waals surface area contributed by atoms with Crippen LogP contribution in [-0.2, 0) is 20.0 Å². The fourth-order valence-corrected chi connectivity index (χ4v) is 5.74. The van der Waals surface area contributed by atoms with Gasteiger partial charge in [-0.25, -0.2) is 16.8 Å². The van der Waals surface area contributed by atoms with Crippen LogP contribution in [0, 0.1) is 6.92 Å². The van der Waals surface area contributed by atoms with Gasteiger partial charge >= 0.3 is 0 Å². The molecule has 140 valence electrons. The van der Waals surface area contributed by atoms with Crippen molar-refractivity contribution in [2.75, 3.05) is 17.8 Å². The normalized spacial score (nSPS) is 15.9. The Morgan fingerprint density at radius 1 is 0.962 bits per heavy atom. The quantitative estimate of drug-likeness (QED) is 0.744. The molecule has 6 nitrogen and oxygen atoms in total. The molecule has 3 rings (SSSR count). The van der Waals surface area contributed by atoms with Crippen LogP contribution in [0.1, 0.15) is 18.4 Å². The molecule has 1 aliphatic rings. The molecule has 1 N–H and O–H groups in total. The highest BCUT2D eigenvalue weighted by molar-refractivity contribution is 9.10. The van der Waals surface area contributed by atoms with Gasteiger partial charge < -0.3 is 0 Å². The van der Waals surface area contributed by atoms with Crippen molar-refractivity contribution in [3.8, 4) is 0 Å². The van der Waals surface area contributed by atoms with E-state index in [2.05, 4.69) is 20.7 Å². The van der Waals surface area contributed by atoms with Gasteiger partial charge in [0.1, 0.15) is 0 Å². The Balaban J connectivity index is 1.89. The molecule has 0 spiro atoms. The van der Waals surface area contributed by atoms with E-state index < -0.39 is 20.0 Å². The number of anilines is 1. The predicted molar refractivity (Wildman–Crippen MR) is 104 cm³/mol. The molecule has 0 atom stereocenters. The number of rotatable bonds is 5. The third kappa shape index (κ3) is 3.95. The predicted octanol–water partition coefficient (Wildman–Crippen LogP) is 3.34. The zero-order valence-corrected chi connectivity index (χ0v) is 17.4. The van der Waals surface area contributed by atoms with Crippen LogP contribution in [0.4, 0.5) is 5.69 Å². The average Bonchev–Trinajstić information content (AvgIpc) is 3.12. The molecule has 1 heterocycles. The topological polar surface area (TPSA) is 83.5 Å². The van der Waals surface area contributed by atoms with Gasteiger partial charge in [-0.15, -0.1) is 0 Å². The van der Waals surface area contributed by atoms with Gasteiger partial charge in [0.2, 0.25) is 10.0 Å². The summed E-state index contributed by atoms with van der Waals surface area (Å²) in [5.74, 6) is 0. The summed E-state index contributed by atoms with van der Waals surface area (Å²) in [5, 5.41) is 0. The third-order valence-electron chi connectivity index (χ3n) is 4.23. The summed E-state index contributed by atoms with van der Waals surface area (Å²) < 4.78 is 55.2. The van der Waals surface area contributed by atoms with Crippen LogP contribution in [0.3, 0.4) is 0 Å². The third-order valence-corrected chi connectivity index (χ3v) is 8.39. The van der Waals surface area contributed by atoms with E-state index in [1.807, 2.05) is 0 Å². The first-order valence-electron chi connectivity index (χ1n) is 8.09. The minimum Gasteiger partial charge on any atom is -0.280 e. The maximum absolute atomic E-state index is 12.6. The molecule has 0 unspecified atom stereocenters. The molecular weight excluding hydrogens is 440 g/mol. The van der Waals surface area contributed by atoms with E-state index in [0.717, 1.165) is 22.9 Å². The van der Waals surface area contributed by atoms with Gasteiger partial charge in [0.25, 0.3) is 10.0 Å². The molecule has 9 heteroatoms. The Kier molecular flexibility index (Phi) is 5.43. The smallest absolute Gasteiger partial charge is 0.261 e. The lowest BCUT2D eigenvalue weighted by atomic mass is 10.2.